The number of rotatable bonds is 3. The average molecular weight is 339 g/mol. The van der Waals surface area contributed by atoms with Crippen LogP contribution in [0.15, 0.2) is 34.8 Å². The van der Waals surface area contributed by atoms with Crippen LogP contribution in [0.1, 0.15) is 15.9 Å². The van der Waals surface area contributed by atoms with Crippen LogP contribution in [0.25, 0.3) is 0 Å². The third-order valence-electron chi connectivity index (χ3n) is 2.81. The summed E-state index contributed by atoms with van der Waals surface area (Å²) in [6.45, 7) is 1.79. The molecule has 0 saturated heterocycles. The molecule has 20 heavy (non-hydrogen) atoms. The molecule has 0 heterocycles. The van der Waals surface area contributed by atoms with Crippen LogP contribution >= 0.6 is 15.9 Å². The molecule has 0 unspecified atom stereocenters. The molecule has 0 aliphatic heterocycles. The predicted octanol–water partition coefficient (Wildman–Crippen LogP) is 3.92. The summed E-state index contributed by atoms with van der Waals surface area (Å²) < 4.78 is 13.9. The third-order valence-corrected chi connectivity index (χ3v) is 3.42. The number of aryl methyl sites for hydroxylation is 1. The highest BCUT2D eigenvalue weighted by Crippen LogP contribution is 2.29. The Hall–Kier alpha value is -2.08. The second kappa shape index (κ2) is 5.50. The maximum atomic E-state index is 13.6. The molecule has 0 amide bonds. The van der Waals surface area contributed by atoms with E-state index in [4.69, 9.17) is 10.8 Å². The SMILES string of the molecule is Cc1cc(Br)c(F)cc1Nc1cc(N)ccc1C(=O)O. The Morgan fingerprint density at radius 2 is 2.00 bits per heavy atom. The first-order chi connectivity index (χ1) is 9.38. The molecule has 0 atom stereocenters. The molecule has 0 radical (unpaired) electrons. The van der Waals surface area contributed by atoms with Crippen molar-refractivity contribution in [3.05, 3.63) is 51.7 Å². The van der Waals surface area contributed by atoms with Crippen LogP contribution in [0.3, 0.4) is 0 Å². The molecule has 0 aliphatic rings. The van der Waals surface area contributed by atoms with Gasteiger partial charge in [-0.05, 0) is 58.7 Å². The Labute approximate surface area is 123 Å². The van der Waals surface area contributed by atoms with Gasteiger partial charge in [-0.1, -0.05) is 0 Å². The van der Waals surface area contributed by atoms with E-state index in [1.807, 2.05) is 0 Å². The fourth-order valence-electron chi connectivity index (χ4n) is 1.78. The molecular formula is C14H12BrFN2O2. The molecule has 2 rings (SSSR count). The number of halogens is 2. The first kappa shape index (κ1) is 14.3. The monoisotopic (exact) mass is 338 g/mol. The quantitative estimate of drug-likeness (QED) is 0.741. The molecule has 2 aromatic rings. The second-order valence-corrected chi connectivity index (χ2v) is 5.17. The highest BCUT2D eigenvalue weighted by molar-refractivity contribution is 9.10. The van der Waals surface area contributed by atoms with Gasteiger partial charge in [-0.3, -0.25) is 0 Å². The largest absolute Gasteiger partial charge is 0.478 e. The number of hydrogen-bond donors (Lipinski definition) is 3. The fourth-order valence-corrected chi connectivity index (χ4v) is 2.24. The Bertz CT molecular complexity index is 689. The average Bonchev–Trinajstić information content (AvgIpc) is 2.35. The number of carbonyl (C=O) groups is 1. The van der Waals surface area contributed by atoms with E-state index in [0.717, 1.165) is 5.56 Å². The van der Waals surface area contributed by atoms with Crippen LogP contribution in [0.4, 0.5) is 21.5 Å². The van der Waals surface area contributed by atoms with Crippen molar-refractivity contribution in [2.75, 3.05) is 11.1 Å². The van der Waals surface area contributed by atoms with Gasteiger partial charge in [0.1, 0.15) is 5.82 Å². The highest BCUT2D eigenvalue weighted by Gasteiger charge is 2.12. The van der Waals surface area contributed by atoms with Crippen LogP contribution in [-0.2, 0) is 0 Å². The van der Waals surface area contributed by atoms with E-state index in [1.165, 1.54) is 24.3 Å². The number of anilines is 3. The van der Waals surface area contributed by atoms with Gasteiger partial charge in [-0.25, -0.2) is 9.18 Å². The number of nitrogens with two attached hydrogens (primary N) is 1. The van der Waals surface area contributed by atoms with E-state index in [1.54, 1.807) is 13.0 Å². The lowest BCUT2D eigenvalue weighted by molar-refractivity contribution is 0.0698. The van der Waals surface area contributed by atoms with Gasteiger partial charge in [0.15, 0.2) is 0 Å². The molecule has 0 fully saturated rings. The molecule has 0 spiro atoms. The van der Waals surface area contributed by atoms with E-state index in [2.05, 4.69) is 21.2 Å². The molecule has 4 nitrogen and oxygen atoms in total. The Morgan fingerprint density at radius 3 is 2.65 bits per heavy atom. The maximum Gasteiger partial charge on any atom is 0.337 e. The topological polar surface area (TPSA) is 75.3 Å². The van der Waals surface area contributed by atoms with Crippen LogP contribution in [0.5, 0.6) is 0 Å². The number of benzene rings is 2. The lowest BCUT2D eigenvalue weighted by atomic mass is 10.1. The minimum absolute atomic E-state index is 0.0712. The maximum absolute atomic E-state index is 13.6. The van der Waals surface area contributed by atoms with E-state index in [0.29, 0.717) is 21.5 Å². The smallest absolute Gasteiger partial charge is 0.337 e. The molecule has 0 aromatic heterocycles. The number of nitrogens with one attached hydrogen (secondary N) is 1. The summed E-state index contributed by atoms with van der Waals surface area (Å²) in [6, 6.07) is 7.33. The van der Waals surface area contributed by atoms with Crippen molar-refractivity contribution >= 4 is 39.0 Å². The van der Waals surface area contributed by atoms with Gasteiger partial charge in [0.05, 0.1) is 15.7 Å². The van der Waals surface area contributed by atoms with Gasteiger partial charge in [0.2, 0.25) is 0 Å². The fraction of sp³-hybridized carbons (Fsp3) is 0.0714. The van der Waals surface area contributed by atoms with Crippen LogP contribution in [-0.4, -0.2) is 11.1 Å². The summed E-state index contributed by atoms with van der Waals surface area (Å²) in [5, 5.41) is 12.0. The molecule has 0 bridgehead atoms. The zero-order valence-electron chi connectivity index (χ0n) is 10.6. The molecule has 0 saturated carbocycles. The minimum atomic E-state index is -1.08. The Kier molecular flexibility index (Phi) is 3.94. The summed E-state index contributed by atoms with van der Waals surface area (Å²) in [5.41, 5.74) is 7.74. The zero-order chi connectivity index (χ0) is 14.9. The predicted molar refractivity (Wildman–Crippen MR) is 79.9 cm³/mol. The molecule has 6 heteroatoms. The Balaban J connectivity index is 2.47. The van der Waals surface area contributed by atoms with Crippen molar-refractivity contribution in [3.63, 3.8) is 0 Å². The van der Waals surface area contributed by atoms with Gasteiger partial charge in [-0.15, -0.1) is 0 Å². The van der Waals surface area contributed by atoms with Gasteiger partial charge in [0.25, 0.3) is 0 Å². The van der Waals surface area contributed by atoms with Crippen molar-refractivity contribution in [2.45, 2.75) is 6.92 Å². The number of carboxylic acid groups (broad SMARTS) is 1. The summed E-state index contributed by atoms with van der Waals surface area (Å²) in [6.07, 6.45) is 0. The van der Waals surface area contributed by atoms with Crippen molar-refractivity contribution in [2.24, 2.45) is 0 Å². The second-order valence-electron chi connectivity index (χ2n) is 4.32. The van der Waals surface area contributed by atoms with Crippen molar-refractivity contribution in [3.8, 4) is 0 Å². The summed E-state index contributed by atoms with van der Waals surface area (Å²) in [4.78, 5) is 11.2. The molecular weight excluding hydrogens is 327 g/mol. The van der Waals surface area contributed by atoms with E-state index in [9.17, 15) is 9.18 Å². The highest BCUT2D eigenvalue weighted by atomic mass is 79.9. The Morgan fingerprint density at radius 1 is 1.30 bits per heavy atom. The molecule has 4 N–H and O–H groups in total. The first-order valence-corrected chi connectivity index (χ1v) is 6.53. The summed E-state index contributed by atoms with van der Waals surface area (Å²) >= 11 is 3.10. The van der Waals surface area contributed by atoms with E-state index >= 15 is 0 Å². The first-order valence-electron chi connectivity index (χ1n) is 5.74. The number of aromatic carboxylic acids is 1. The van der Waals surface area contributed by atoms with Gasteiger partial charge >= 0.3 is 5.97 Å². The molecule has 2 aromatic carbocycles. The van der Waals surface area contributed by atoms with Crippen LogP contribution in [0, 0.1) is 12.7 Å². The van der Waals surface area contributed by atoms with Gasteiger partial charge < -0.3 is 16.2 Å². The number of carboxylic acids is 1. The van der Waals surface area contributed by atoms with Crippen molar-refractivity contribution in [1.82, 2.24) is 0 Å². The lowest BCUT2D eigenvalue weighted by Gasteiger charge is -2.13. The molecule has 104 valence electrons. The molecule has 0 aliphatic carbocycles. The van der Waals surface area contributed by atoms with Crippen LogP contribution < -0.4 is 11.1 Å². The van der Waals surface area contributed by atoms with E-state index < -0.39 is 11.8 Å². The number of nitrogen functional groups attached to an aromatic ring is 1. The van der Waals surface area contributed by atoms with E-state index in [-0.39, 0.29) is 5.56 Å². The van der Waals surface area contributed by atoms with Gasteiger partial charge in [-0.2, -0.15) is 0 Å². The number of hydrogen-bond acceptors (Lipinski definition) is 3. The summed E-state index contributed by atoms with van der Waals surface area (Å²) in [7, 11) is 0. The minimum Gasteiger partial charge on any atom is -0.478 e. The normalized spacial score (nSPS) is 10.3. The lowest BCUT2D eigenvalue weighted by Crippen LogP contribution is -2.04. The summed E-state index contributed by atoms with van der Waals surface area (Å²) in [5.74, 6) is -1.51. The standard InChI is InChI=1S/C14H12BrFN2O2/c1-7-4-10(15)11(16)6-12(7)18-13-5-8(17)2-3-9(13)14(19)20/h2-6,18H,17H2,1H3,(H,19,20). The van der Waals surface area contributed by atoms with Crippen molar-refractivity contribution < 1.29 is 14.3 Å². The van der Waals surface area contributed by atoms with Gasteiger partial charge in [0, 0.05) is 11.4 Å². The zero-order valence-corrected chi connectivity index (χ0v) is 12.2. The van der Waals surface area contributed by atoms with Crippen molar-refractivity contribution in [1.29, 1.82) is 0 Å². The van der Waals surface area contributed by atoms with Crippen LogP contribution in [0.2, 0.25) is 0 Å². The third kappa shape index (κ3) is 2.91.